The molecule has 5 heteroatoms. The molecule has 20 heavy (non-hydrogen) atoms. The summed E-state index contributed by atoms with van der Waals surface area (Å²) < 4.78 is 16.3. The second-order valence-corrected chi connectivity index (χ2v) is 5.24. The number of nitrogen functional groups attached to an aromatic ring is 1. The maximum Gasteiger partial charge on any atom is 0.132 e. The minimum Gasteiger partial charge on any atom is -0.384 e. The smallest absolute Gasteiger partial charge is 0.132 e. The zero-order chi connectivity index (χ0) is 14.1. The highest BCUT2D eigenvalue weighted by Crippen LogP contribution is 2.25. The second kappa shape index (κ2) is 5.09. The number of aromatic nitrogens is 2. The van der Waals surface area contributed by atoms with E-state index in [1.165, 1.54) is 6.07 Å². The van der Waals surface area contributed by atoms with Crippen LogP contribution in [0.3, 0.4) is 0 Å². The summed E-state index contributed by atoms with van der Waals surface area (Å²) in [6.45, 7) is 0. The summed E-state index contributed by atoms with van der Waals surface area (Å²) in [7, 11) is 0. The summed E-state index contributed by atoms with van der Waals surface area (Å²) in [5.41, 5.74) is 7.74. The van der Waals surface area contributed by atoms with E-state index >= 15 is 0 Å². The molecule has 0 aliphatic heterocycles. The van der Waals surface area contributed by atoms with Gasteiger partial charge in [0.2, 0.25) is 0 Å². The van der Waals surface area contributed by atoms with Crippen molar-refractivity contribution < 1.29 is 4.39 Å². The first-order chi connectivity index (χ1) is 9.65. The lowest BCUT2D eigenvalue weighted by Gasteiger charge is -2.04. The van der Waals surface area contributed by atoms with E-state index in [4.69, 9.17) is 5.73 Å². The van der Waals surface area contributed by atoms with Crippen LogP contribution >= 0.6 is 15.9 Å². The number of benzene rings is 2. The van der Waals surface area contributed by atoms with E-state index in [2.05, 4.69) is 21.0 Å². The van der Waals surface area contributed by atoms with Crippen LogP contribution in [0.4, 0.5) is 10.2 Å². The maximum absolute atomic E-state index is 13.8. The van der Waals surface area contributed by atoms with Crippen molar-refractivity contribution in [1.82, 2.24) is 9.78 Å². The largest absolute Gasteiger partial charge is 0.384 e. The van der Waals surface area contributed by atoms with Crippen LogP contribution in [0.25, 0.3) is 16.9 Å². The van der Waals surface area contributed by atoms with Gasteiger partial charge in [0.1, 0.15) is 11.6 Å². The molecule has 3 aromatic rings. The number of hydrogen-bond donors (Lipinski definition) is 1. The molecule has 0 saturated carbocycles. The van der Waals surface area contributed by atoms with Gasteiger partial charge in [0, 0.05) is 16.1 Å². The lowest BCUT2D eigenvalue weighted by Crippen LogP contribution is -2.01. The van der Waals surface area contributed by atoms with Crippen molar-refractivity contribution in [3.05, 3.63) is 64.9 Å². The van der Waals surface area contributed by atoms with Crippen molar-refractivity contribution in [3.8, 4) is 16.9 Å². The first-order valence-electron chi connectivity index (χ1n) is 6.01. The predicted octanol–water partition coefficient (Wildman–Crippen LogP) is 4.02. The van der Waals surface area contributed by atoms with Crippen molar-refractivity contribution in [3.63, 3.8) is 0 Å². The number of rotatable bonds is 2. The number of hydrogen-bond acceptors (Lipinski definition) is 2. The Morgan fingerprint density at radius 1 is 1.05 bits per heavy atom. The van der Waals surface area contributed by atoms with Gasteiger partial charge in [0.15, 0.2) is 0 Å². The Morgan fingerprint density at radius 3 is 2.60 bits per heavy atom. The molecule has 0 amide bonds. The molecule has 0 aliphatic rings. The third-order valence-corrected chi connectivity index (χ3v) is 3.43. The topological polar surface area (TPSA) is 43.8 Å². The van der Waals surface area contributed by atoms with Crippen LogP contribution < -0.4 is 5.73 Å². The quantitative estimate of drug-likeness (QED) is 0.770. The Bertz CT molecular complexity index is 767. The molecule has 0 unspecified atom stereocenters. The van der Waals surface area contributed by atoms with Crippen molar-refractivity contribution in [1.29, 1.82) is 0 Å². The Balaban J connectivity index is 2.10. The fourth-order valence-corrected chi connectivity index (χ4v) is 2.40. The van der Waals surface area contributed by atoms with Crippen LogP contribution in [0.15, 0.2) is 59.1 Å². The van der Waals surface area contributed by atoms with Gasteiger partial charge in [-0.3, -0.25) is 0 Å². The molecule has 3 nitrogen and oxygen atoms in total. The SMILES string of the molecule is Nc1cc(-c2ccccc2F)nn1-c1cccc(Br)c1. The van der Waals surface area contributed by atoms with E-state index in [1.807, 2.05) is 24.3 Å². The fraction of sp³-hybridized carbons (Fsp3) is 0. The number of halogens is 2. The maximum atomic E-state index is 13.8. The monoisotopic (exact) mass is 331 g/mol. The zero-order valence-electron chi connectivity index (χ0n) is 10.4. The molecule has 1 heterocycles. The van der Waals surface area contributed by atoms with Gasteiger partial charge in [0.05, 0.1) is 11.4 Å². The van der Waals surface area contributed by atoms with Crippen LogP contribution in [0.1, 0.15) is 0 Å². The van der Waals surface area contributed by atoms with Gasteiger partial charge >= 0.3 is 0 Å². The minimum absolute atomic E-state index is 0.314. The van der Waals surface area contributed by atoms with Gasteiger partial charge in [-0.15, -0.1) is 0 Å². The molecule has 0 radical (unpaired) electrons. The van der Waals surface area contributed by atoms with Crippen LogP contribution in [0.5, 0.6) is 0 Å². The summed E-state index contributed by atoms with van der Waals surface area (Å²) >= 11 is 3.41. The first kappa shape index (κ1) is 12.9. The Kier molecular flexibility index (Phi) is 3.28. The summed E-state index contributed by atoms with van der Waals surface area (Å²) in [5, 5.41) is 4.38. The summed E-state index contributed by atoms with van der Waals surface area (Å²) in [5.74, 6) is 0.146. The van der Waals surface area contributed by atoms with Gasteiger partial charge in [-0.1, -0.05) is 34.1 Å². The van der Waals surface area contributed by atoms with Crippen molar-refractivity contribution in [2.45, 2.75) is 0 Å². The van der Waals surface area contributed by atoms with Crippen LogP contribution in [0, 0.1) is 5.82 Å². The van der Waals surface area contributed by atoms with Gasteiger partial charge in [-0.2, -0.15) is 5.10 Å². The van der Waals surface area contributed by atoms with E-state index in [0.29, 0.717) is 17.1 Å². The molecule has 2 N–H and O–H groups in total. The average Bonchev–Trinajstić information content (AvgIpc) is 2.81. The highest BCUT2D eigenvalue weighted by Gasteiger charge is 2.11. The lowest BCUT2D eigenvalue weighted by molar-refractivity contribution is 0.630. The fourth-order valence-electron chi connectivity index (χ4n) is 2.01. The predicted molar refractivity (Wildman–Crippen MR) is 81.1 cm³/mol. The standard InChI is InChI=1S/C15H11BrFN3/c16-10-4-3-5-11(8-10)20-15(18)9-14(19-20)12-6-1-2-7-13(12)17/h1-9H,18H2. The number of nitrogens with two attached hydrogens (primary N) is 1. The van der Waals surface area contributed by atoms with Crippen molar-refractivity contribution in [2.75, 3.05) is 5.73 Å². The zero-order valence-corrected chi connectivity index (χ0v) is 12.0. The molecular weight excluding hydrogens is 321 g/mol. The Morgan fingerprint density at radius 2 is 1.85 bits per heavy atom. The van der Waals surface area contributed by atoms with Gasteiger partial charge < -0.3 is 5.73 Å². The lowest BCUT2D eigenvalue weighted by atomic mass is 10.1. The van der Waals surface area contributed by atoms with Crippen LogP contribution in [-0.2, 0) is 0 Å². The third kappa shape index (κ3) is 2.32. The normalized spacial score (nSPS) is 10.7. The molecule has 0 bridgehead atoms. The second-order valence-electron chi connectivity index (χ2n) is 4.33. The number of nitrogens with zero attached hydrogens (tertiary/aromatic N) is 2. The Labute approximate surface area is 124 Å². The van der Waals surface area contributed by atoms with Crippen molar-refractivity contribution in [2.24, 2.45) is 0 Å². The summed E-state index contributed by atoms with van der Waals surface area (Å²) in [6, 6.07) is 15.8. The highest BCUT2D eigenvalue weighted by atomic mass is 79.9. The number of anilines is 1. The van der Waals surface area contributed by atoms with Crippen LogP contribution in [-0.4, -0.2) is 9.78 Å². The molecule has 1 aromatic heterocycles. The average molecular weight is 332 g/mol. The Hall–Kier alpha value is -2.14. The first-order valence-corrected chi connectivity index (χ1v) is 6.81. The highest BCUT2D eigenvalue weighted by molar-refractivity contribution is 9.10. The van der Waals surface area contributed by atoms with Gasteiger partial charge in [-0.25, -0.2) is 9.07 Å². The van der Waals surface area contributed by atoms with Crippen molar-refractivity contribution >= 4 is 21.7 Å². The van der Waals surface area contributed by atoms with Gasteiger partial charge in [0.25, 0.3) is 0 Å². The van der Waals surface area contributed by atoms with E-state index < -0.39 is 0 Å². The molecule has 2 aromatic carbocycles. The molecule has 0 saturated heterocycles. The van der Waals surface area contributed by atoms with E-state index in [-0.39, 0.29) is 5.82 Å². The van der Waals surface area contributed by atoms with E-state index in [1.54, 1.807) is 28.9 Å². The molecular formula is C15H11BrFN3. The third-order valence-electron chi connectivity index (χ3n) is 2.94. The minimum atomic E-state index is -0.314. The van der Waals surface area contributed by atoms with Crippen LogP contribution in [0.2, 0.25) is 0 Å². The van der Waals surface area contributed by atoms with E-state index in [9.17, 15) is 4.39 Å². The molecule has 0 spiro atoms. The molecule has 3 rings (SSSR count). The van der Waals surface area contributed by atoms with Gasteiger partial charge in [-0.05, 0) is 30.3 Å². The van der Waals surface area contributed by atoms with E-state index in [0.717, 1.165) is 10.2 Å². The molecule has 0 atom stereocenters. The summed E-state index contributed by atoms with van der Waals surface area (Å²) in [4.78, 5) is 0. The summed E-state index contributed by atoms with van der Waals surface area (Å²) in [6.07, 6.45) is 0. The molecule has 0 fully saturated rings. The molecule has 100 valence electrons. The molecule has 0 aliphatic carbocycles.